The molecule has 1 heterocycles. The van der Waals surface area contributed by atoms with Gasteiger partial charge in [-0.3, -0.25) is 0 Å². The van der Waals surface area contributed by atoms with E-state index in [0.29, 0.717) is 16.2 Å². The lowest BCUT2D eigenvalue weighted by Gasteiger charge is -1.95. The smallest absolute Gasteiger partial charge is 0.278 e. The fourth-order valence-corrected chi connectivity index (χ4v) is 1.49. The number of aromatic nitrogens is 2. The van der Waals surface area contributed by atoms with E-state index in [1.54, 1.807) is 6.07 Å². The van der Waals surface area contributed by atoms with Crippen molar-refractivity contribution in [1.82, 2.24) is 10.2 Å². The maximum atomic E-state index is 12.8. The van der Waals surface area contributed by atoms with Crippen molar-refractivity contribution in [3.8, 4) is 0 Å². The minimum Gasteiger partial charge on any atom is -0.416 e. The van der Waals surface area contributed by atoms with E-state index in [9.17, 15) is 4.39 Å². The van der Waals surface area contributed by atoms with Crippen molar-refractivity contribution in [3.05, 3.63) is 45.4 Å². The molecule has 0 aliphatic carbocycles. The molecule has 0 bridgehead atoms. The van der Waals surface area contributed by atoms with Gasteiger partial charge in [-0.05, 0) is 17.7 Å². The van der Waals surface area contributed by atoms with E-state index in [1.807, 2.05) is 28.7 Å². The van der Waals surface area contributed by atoms with Gasteiger partial charge in [0.2, 0.25) is 5.89 Å². The summed E-state index contributed by atoms with van der Waals surface area (Å²) in [5.74, 6) is 0.247. The van der Waals surface area contributed by atoms with Crippen LogP contribution in [0.5, 0.6) is 0 Å². The first-order valence-electron chi connectivity index (χ1n) is 3.96. The Bertz CT molecular complexity index is 444. The number of halogens is 2. The Morgan fingerprint density at radius 3 is 2.86 bits per heavy atom. The van der Waals surface area contributed by atoms with Crippen molar-refractivity contribution in [1.29, 1.82) is 0 Å². The van der Waals surface area contributed by atoms with Crippen molar-refractivity contribution in [3.63, 3.8) is 0 Å². The topological polar surface area (TPSA) is 38.9 Å². The Balaban J connectivity index is 2.18. The van der Waals surface area contributed by atoms with Gasteiger partial charge in [0, 0.05) is 22.6 Å². The average molecular weight is 304 g/mol. The molecule has 0 N–H and O–H groups in total. The summed E-state index contributed by atoms with van der Waals surface area (Å²) >= 11 is 1.94. The molecule has 0 saturated heterocycles. The molecule has 0 amide bonds. The standard InChI is InChI=1S/C9H6FIN2O/c10-7-3-1-2-6(4-7)5-8-12-13-9(11)14-8/h1-4H,5H2. The van der Waals surface area contributed by atoms with E-state index in [2.05, 4.69) is 10.2 Å². The summed E-state index contributed by atoms with van der Waals surface area (Å²) in [7, 11) is 0. The Labute approximate surface area is 93.5 Å². The minimum absolute atomic E-state index is 0.253. The highest BCUT2D eigenvalue weighted by molar-refractivity contribution is 14.1. The first kappa shape index (κ1) is 9.57. The van der Waals surface area contributed by atoms with E-state index < -0.39 is 0 Å². The quantitative estimate of drug-likeness (QED) is 0.800. The molecule has 2 aromatic rings. The van der Waals surface area contributed by atoms with E-state index in [4.69, 9.17) is 4.42 Å². The molecule has 0 unspecified atom stereocenters. The van der Waals surface area contributed by atoms with Crippen LogP contribution in [0.15, 0.2) is 28.7 Å². The maximum Gasteiger partial charge on any atom is 0.278 e. The van der Waals surface area contributed by atoms with Crippen LogP contribution in [0.4, 0.5) is 4.39 Å². The van der Waals surface area contributed by atoms with Gasteiger partial charge in [-0.1, -0.05) is 12.1 Å². The van der Waals surface area contributed by atoms with Crippen LogP contribution in [0.2, 0.25) is 0 Å². The van der Waals surface area contributed by atoms with E-state index in [1.165, 1.54) is 12.1 Å². The van der Waals surface area contributed by atoms with Gasteiger partial charge >= 0.3 is 0 Å². The zero-order chi connectivity index (χ0) is 9.97. The highest BCUT2D eigenvalue weighted by atomic mass is 127. The van der Waals surface area contributed by atoms with Crippen LogP contribution in [0.25, 0.3) is 0 Å². The van der Waals surface area contributed by atoms with Crippen molar-refractivity contribution in [2.45, 2.75) is 6.42 Å². The van der Waals surface area contributed by atoms with Crippen molar-refractivity contribution >= 4 is 22.6 Å². The molecular weight excluding hydrogens is 298 g/mol. The van der Waals surface area contributed by atoms with Gasteiger partial charge in [0.25, 0.3) is 3.90 Å². The lowest BCUT2D eigenvalue weighted by atomic mass is 10.1. The lowest BCUT2D eigenvalue weighted by Crippen LogP contribution is -1.89. The summed E-state index contributed by atoms with van der Waals surface area (Å²) in [5, 5.41) is 7.51. The monoisotopic (exact) mass is 304 g/mol. The van der Waals surface area contributed by atoms with Gasteiger partial charge in [0.1, 0.15) is 5.82 Å². The van der Waals surface area contributed by atoms with E-state index in [0.717, 1.165) is 5.56 Å². The molecule has 1 aromatic carbocycles. The Morgan fingerprint density at radius 2 is 2.21 bits per heavy atom. The summed E-state index contributed by atoms with van der Waals surface area (Å²) in [6.07, 6.45) is 0.466. The van der Waals surface area contributed by atoms with Crippen LogP contribution >= 0.6 is 22.6 Å². The molecular formula is C9H6FIN2O. The summed E-state index contributed by atoms with van der Waals surface area (Å²) < 4.78 is 18.5. The zero-order valence-electron chi connectivity index (χ0n) is 7.08. The summed E-state index contributed by atoms with van der Waals surface area (Å²) in [4.78, 5) is 0. The van der Waals surface area contributed by atoms with Gasteiger partial charge in [0.05, 0.1) is 6.42 Å². The highest BCUT2D eigenvalue weighted by Gasteiger charge is 2.04. The average Bonchev–Trinajstić information content (AvgIpc) is 2.51. The van der Waals surface area contributed by atoms with Crippen molar-refractivity contribution in [2.75, 3.05) is 0 Å². The predicted octanol–water partition coefficient (Wildman–Crippen LogP) is 2.40. The molecule has 72 valence electrons. The number of nitrogens with zero attached hydrogens (tertiary/aromatic N) is 2. The first-order valence-corrected chi connectivity index (χ1v) is 5.04. The molecule has 14 heavy (non-hydrogen) atoms. The van der Waals surface area contributed by atoms with Gasteiger partial charge in [-0.2, -0.15) is 0 Å². The predicted molar refractivity (Wildman–Crippen MR) is 56.2 cm³/mol. The van der Waals surface area contributed by atoms with Crippen LogP contribution in [-0.4, -0.2) is 10.2 Å². The Morgan fingerprint density at radius 1 is 1.36 bits per heavy atom. The maximum absolute atomic E-state index is 12.8. The van der Waals surface area contributed by atoms with Crippen LogP contribution < -0.4 is 0 Å². The SMILES string of the molecule is Fc1cccc(Cc2nnc(I)o2)c1. The fraction of sp³-hybridized carbons (Fsp3) is 0.111. The third kappa shape index (κ3) is 2.28. The second-order valence-corrected chi connectivity index (χ2v) is 3.68. The highest BCUT2D eigenvalue weighted by Crippen LogP contribution is 2.10. The van der Waals surface area contributed by atoms with Gasteiger partial charge < -0.3 is 4.42 Å². The molecule has 5 heteroatoms. The molecule has 0 saturated carbocycles. The number of benzene rings is 1. The van der Waals surface area contributed by atoms with Gasteiger partial charge in [0.15, 0.2) is 0 Å². The third-order valence-electron chi connectivity index (χ3n) is 1.69. The lowest BCUT2D eigenvalue weighted by molar-refractivity contribution is 0.479. The normalized spacial score (nSPS) is 10.4. The number of rotatable bonds is 2. The third-order valence-corrected chi connectivity index (χ3v) is 2.12. The summed E-state index contributed by atoms with van der Waals surface area (Å²) in [6, 6.07) is 6.34. The van der Waals surface area contributed by atoms with E-state index >= 15 is 0 Å². The van der Waals surface area contributed by atoms with E-state index in [-0.39, 0.29) is 5.82 Å². The first-order chi connectivity index (χ1) is 6.74. The fourth-order valence-electron chi connectivity index (χ4n) is 1.13. The van der Waals surface area contributed by atoms with Gasteiger partial charge in [-0.15, -0.1) is 10.2 Å². The summed E-state index contributed by atoms with van der Waals surface area (Å²) in [5.41, 5.74) is 0.824. The van der Waals surface area contributed by atoms with Crippen molar-refractivity contribution < 1.29 is 8.81 Å². The van der Waals surface area contributed by atoms with Crippen LogP contribution in [0, 0.1) is 9.71 Å². The van der Waals surface area contributed by atoms with Crippen molar-refractivity contribution in [2.24, 2.45) is 0 Å². The molecule has 3 nitrogen and oxygen atoms in total. The minimum atomic E-state index is -0.253. The largest absolute Gasteiger partial charge is 0.416 e. The molecule has 0 aliphatic rings. The number of hydrogen-bond donors (Lipinski definition) is 0. The Hall–Kier alpha value is -0.980. The second kappa shape index (κ2) is 4.04. The molecule has 1 aromatic heterocycles. The molecule has 2 rings (SSSR count). The van der Waals surface area contributed by atoms with Gasteiger partial charge in [-0.25, -0.2) is 4.39 Å². The molecule has 0 atom stereocenters. The molecule has 0 aliphatic heterocycles. The Kier molecular flexibility index (Phi) is 2.76. The van der Waals surface area contributed by atoms with Crippen LogP contribution in [0.3, 0.4) is 0 Å². The molecule has 0 spiro atoms. The molecule has 0 radical (unpaired) electrons. The zero-order valence-corrected chi connectivity index (χ0v) is 9.23. The molecule has 0 fully saturated rings. The second-order valence-electron chi connectivity index (χ2n) is 2.76. The van der Waals surface area contributed by atoms with Crippen LogP contribution in [-0.2, 0) is 6.42 Å². The number of hydrogen-bond acceptors (Lipinski definition) is 3. The summed E-state index contributed by atoms with van der Waals surface area (Å²) in [6.45, 7) is 0. The van der Waals surface area contributed by atoms with Crippen LogP contribution in [0.1, 0.15) is 11.5 Å².